The van der Waals surface area contributed by atoms with Crippen LogP contribution in [0.25, 0.3) is 0 Å². The molecule has 0 aromatic rings. The molecule has 0 saturated heterocycles. The summed E-state index contributed by atoms with van der Waals surface area (Å²) in [6, 6.07) is 0. The number of hydrogen-bond donors (Lipinski definition) is 0. The van der Waals surface area contributed by atoms with Gasteiger partial charge in [-0.2, -0.15) is 0 Å². The Balaban J connectivity index is 3.36. The summed E-state index contributed by atoms with van der Waals surface area (Å²) in [6.07, 6.45) is 2.80. The number of hydrogen-bond acceptors (Lipinski definition) is 2. The summed E-state index contributed by atoms with van der Waals surface area (Å²) in [6.45, 7) is 4.57. The van der Waals surface area contributed by atoms with Crippen LogP contribution >= 0.6 is 15.9 Å². The molecule has 0 heterocycles. The van der Waals surface area contributed by atoms with Crippen molar-refractivity contribution in [2.75, 3.05) is 6.61 Å². The minimum Gasteiger partial charge on any atom is -0.465 e. The maximum atomic E-state index is 11.0. The van der Waals surface area contributed by atoms with E-state index in [9.17, 15) is 4.79 Å². The molecule has 0 rings (SSSR count). The summed E-state index contributed by atoms with van der Waals surface area (Å²) in [5.41, 5.74) is 0. The van der Waals surface area contributed by atoms with Crippen LogP contribution in [0.3, 0.4) is 0 Å². The van der Waals surface area contributed by atoms with Gasteiger partial charge in [0.15, 0.2) is 0 Å². The van der Waals surface area contributed by atoms with E-state index in [4.69, 9.17) is 4.74 Å². The molecule has 0 aliphatic rings. The highest BCUT2D eigenvalue weighted by Crippen LogP contribution is 2.06. The Morgan fingerprint density at radius 2 is 2.18 bits per heavy atom. The summed E-state index contributed by atoms with van der Waals surface area (Å²) in [5.74, 6) is -0.138. The van der Waals surface area contributed by atoms with E-state index in [0.717, 1.165) is 19.3 Å². The fraction of sp³-hybridized carbons (Fsp3) is 0.875. The highest BCUT2D eigenvalue weighted by Gasteiger charge is 2.12. The molecule has 66 valence electrons. The average molecular weight is 223 g/mol. The quantitative estimate of drug-likeness (QED) is 0.406. The van der Waals surface area contributed by atoms with Gasteiger partial charge < -0.3 is 4.74 Å². The Morgan fingerprint density at radius 1 is 1.55 bits per heavy atom. The molecular formula is C8H15BrO2. The minimum atomic E-state index is -0.138. The second-order valence-corrected chi connectivity index (χ2v) is 3.50. The van der Waals surface area contributed by atoms with E-state index in [0.29, 0.717) is 6.61 Å². The van der Waals surface area contributed by atoms with Crippen LogP contribution in [-0.2, 0) is 9.53 Å². The number of halogens is 1. The topological polar surface area (TPSA) is 26.3 Å². The standard InChI is InChI=1S/C8H15BrO2/c1-3-5-6-11-8(10)7(9)4-2/h7H,3-6H2,1-2H3/t7-/m1/s1. The molecule has 0 N–H and O–H groups in total. The molecule has 0 aliphatic carbocycles. The van der Waals surface area contributed by atoms with Crippen molar-refractivity contribution < 1.29 is 9.53 Å². The van der Waals surface area contributed by atoms with Gasteiger partial charge in [0.2, 0.25) is 0 Å². The molecule has 0 bridgehead atoms. The molecular weight excluding hydrogens is 208 g/mol. The number of ether oxygens (including phenoxy) is 1. The van der Waals surface area contributed by atoms with Crippen LogP contribution in [0.5, 0.6) is 0 Å². The smallest absolute Gasteiger partial charge is 0.319 e. The van der Waals surface area contributed by atoms with Crippen molar-refractivity contribution in [1.82, 2.24) is 0 Å². The van der Waals surface area contributed by atoms with Gasteiger partial charge in [0, 0.05) is 0 Å². The molecule has 0 unspecified atom stereocenters. The first-order chi connectivity index (χ1) is 5.22. The third kappa shape index (κ3) is 5.24. The van der Waals surface area contributed by atoms with Crippen LogP contribution < -0.4 is 0 Å². The van der Waals surface area contributed by atoms with E-state index < -0.39 is 0 Å². The van der Waals surface area contributed by atoms with E-state index >= 15 is 0 Å². The zero-order valence-electron chi connectivity index (χ0n) is 7.10. The normalized spacial score (nSPS) is 12.6. The molecule has 0 spiro atoms. The Labute approximate surface area is 76.4 Å². The first-order valence-electron chi connectivity index (χ1n) is 4.03. The maximum absolute atomic E-state index is 11.0. The van der Waals surface area contributed by atoms with Gasteiger partial charge >= 0.3 is 5.97 Å². The molecule has 1 atom stereocenters. The van der Waals surface area contributed by atoms with Crippen molar-refractivity contribution in [3.63, 3.8) is 0 Å². The monoisotopic (exact) mass is 222 g/mol. The molecule has 3 heteroatoms. The SMILES string of the molecule is CCCCOC(=O)[C@H](Br)CC. The van der Waals surface area contributed by atoms with Gasteiger partial charge in [-0.15, -0.1) is 0 Å². The van der Waals surface area contributed by atoms with Crippen LogP contribution in [0.2, 0.25) is 0 Å². The Morgan fingerprint density at radius 3 is 2.64 bits per heavy atom. The molecule has 0 aromatic carbocycles. The summed E-state index contributed by atoms with van der Waals surface area (Å²) in [5, 5.41) is 0. The lowest BCUT2D eigenvalue weighted by atomic mass is 10.3. The van der Waals surface area contributed by atoms with Crippen molar-refractivity contribution >= 4 is 21.9 Å². The van der Waals surface area contributed by atoms with E-state index in [-0.39, 0.29) is 10.8 Å². The Kier molecular flexibility index (Phi) is 6.62. The first kappa shape index (κ1) is 11.0. The molecule has 11 heavy (non-hydrogen) atoms. The highest BCUT2D eigenvalue weighted by atomic mass is 79.9. The predicted octanol–water partition coefficient (Wildman–Crippen LogP) is 2.50. The molecule has 0 radical (unpaired) electrons. The lowest BCUT2D eigenvalue weighted by Gasteiger charge is -2.06. The number of carbonyl (C=O) groups is 1. The predicted molar refractivity (Wildman–Crippen MR) is 48.9 cm³/mol. The van der Waals surface area contributed by atoms with E-state index in [1.807, 2.05) is 6.92 Å². The average Bonchev–Trinajstić information content (AvgIpc) is 2.03. The molecule has 0 amide bonds. The fourth-order valence-electron chi connectivity index (χ4n) is 0.574. The number of carbonyl (C=O) groups excluding carboxylic acids is 1. The first-order valence-corrected chi connectivity index (χ1v) is 4.94. The van der Waals surface area contributed by atoms with E-state index in [2.05, 4.69) is 22.9 Å². The lowest BCUT2D eigenvalue weighted by Crippen LogP contribution is -2.16. The second kappa shape index (κ2) is 6.65. The molecule has 0 fully saturated rings. The van der Waals surface area contributed by atoms with Crippen LogP contribution in [0, 0.1) is 0 Å². The summed E-state index contributed by atoms with van der Waals surface area (Å²) in [7, 11) is 0. The van der Waals surface area contributed by atoms with Crippen molar-refractivity contribution in [1.29, 1.82) is 0 Å². The number of esters is 1. The van der Waals surface area contributed by atoms with Crippen LogP contribution in [0.1, 0.15) is 33.1 Å². The zero-order chi connectivity index (χ0) is 8.69. The Bertz CT molecular complexity index is 115. The third-order valence-corrected chi connectivity index (χ3v) is 2.38. The molecule has 0 aromatic heterocycles. The van der Waals surface area contributed by atoms with E-state index in [1.54, 1.807) is 0 Å². The third-order valence-electron chi connectivity index (χ3n) is 1.36. The van der Waals surface area contributed by atoms with E-state index in [1.165, 1.54) is 0 Å². The molecule has 0 aliphatic heterocycles. The molecule has 2 nitrogen and oxygen atoms in total. The van der Waals surface area contributed by atoms with Gasteiger partial charge in [0.1, 0.15) is 4.83 Å². The van der Waals surface area contributed by atoms with Crippen molar-refractivity contribution in [3.8, 4) is 0 Å². The summed E-state index contributed by atoms with van der Waals surface area (Å²) in [4.78, 5) is 10.9. The van der Waals surface area contributed by atoms with Crippen LogP contribution in [0.4, 0.5) is 0 Å². The van der Waals surface area contributed by atoms with Crippen molar-refractivity contribution in [2.45, 2.75) is 37.9 Å². The van der Waals surface area contributed by atoms with Crippen LogP contribution in [-0.4, -0.2) is 17.4 Å². The fourth-order valence-corrected chi connectivity index (χ4v) is 0.706. The summed E-state index contributed by atoms with van der Waals surface area (Å²) < 4.78 is 4.95. The Hall–Kier alpha value is -0.0500. The lowest BCUT2D eigenvalue weighted by molar-refractivity contribution is -0.142. The van der Waals surface area contributed by atoms with Gasteiger partial charge in [-0.1, -0.05) is 36.2 Å². The van der Waals surface area contributed by atoms with Gasteiger partial charge in [-0.25, -0.2) is 0 Å². The highest BCUT2D eigenvalue weighted by molar-refractivity contribution is 9.10. The van der Waals surface area contributed by atoms with Gasteiger partial charge in [-0.3, -0.25) is 4.79 Å². The second-order valence-electron chi connectivity index (χ2n) is 2.40. The van der Waals surface area contributed by atoms with Crippen molar-refractivity contribution in [2.24, 2.45) is 0 Å². The number of unbranched alkanes of at least 4 members (excludes halogenated alkanes) is 1. The van der Waals surface area contributed by atoms with Crippen LogP contribution in [0.15, 0.2) is 0 Å². The zero-order valence-corrected chi connectivity index (χ0v) is 8.69. The number of alkyl halides is 1. The number of rotatable bonds is 5. The van der Waals surface area contributed by atoms with Crippen molar-refractivity contribution in [3.05, 3.63) is 0 Å². The van der Waals surface area contributed by atoms with Gasteiger partial charge in [0.25, 0.3) is 0 Å². The largest absolute Gasteiger partial charge is 0.465 e. The van der Waals surface area contributed by atoms with Gasteiger partial charge in [0.05, 0.1) is 6.61 Å². The molecule has 0 saturated carbocycles. The summed E-state index contributed by atoms with van der Waals surface area (Å²) >= 11 is 3.22. The maximum Gasteiger partial charge on any atom is 0.319 e. The van der Waals surface area contributed by atoms with Gasteiger partial charge in [-0.05, 0) is 12.8 Å². The minimum absolute atomic E-state index is 0.126.